The number of nitrogens with one attached hydrogen (secondary N) is 1. The first-order valence-electron chi connectivity index (χ1n) is 6.17. The van der Waals surface area contributed by atoms with E-state index >= 15 is 0 Å². The van der Waals surface area contributed by atoms with Crippen molar-refractivity contribution in [3.8, 4) is 0 Å². The average Bonchev–Trinajstić information content (AvgIpc) is 2.27. The quantitative estimate of drug-likeness (QED) is 0.682. The molecule has 0 aromatic rings. The molecule has 0 heterocycles. The van der Waals surface area contributed by atoms with Crippen LogP contribution in [0.2, 0.25) is 0 Å². The highest BCUT2D eigenvalue weighted by molar-refractivity contribution is 4.84. The van der Waals surface area contributed by atoms with Crippen LogP contribution in [-0.2, 0) is 4.74 Å². The zero-order chi connectivity index (χ0) is 11.1. The van der Waals surface area contributed by atoms with Crippen molar-refractivity contribution in [2.45, 2.75) is 63.6 Å². The Bertz CT molecular complexity index is 181. The van der Waals surface area contributed by atoms with Crippen LogP contribution >= 0.6 is 0 Å². The number of hydrogen-bond acceptors (Lipinski definition) is 2. The van der Waals surface area contributed by atoms with E-state index in [1.54, 1.807) is 0 Å². The normalized spacial score (nSPS) is 28.7. The summed E-state index contributed by atoms with van der Waals surface area (Å²) in [5.74, 6) is 0. The molecule has 0 spiro atoms. The van der Waals surface area contributed by atoms with Gasteiger partial charge in [0.2, 0.25) is 0 Å². The Labute approximate surface area is 94.1 Å². The summed E-state index contributed by atoms with van der Waals surface area (Å²) in [6, 6.07) is 1.13. The second-order valence-corrected chi connectivity index (χ2v) is 4.60. The minimum Gasteiger partial charge on any atom is -0.380 e. The minimum atomic E-state index is 0.421. The van der Waals surface area contributed by atoms with Crippen LogP contribution in [0.15, 0.2) is 12.7 Å². The van der Waals surface area contributed by atoms with Gasteiger partial charge in [-0.2, -0.15) is 0 Å². The maximum Gasteiger partial charge on any atom is 0.0724 e. The molecule has 1 aliphatic rings. The molecule has 2 heteroatoms. The first kappa shape index (κ1) is 12.7. The van der Waals surface area contributed by atoms with Gasteiger partial charge in [-0.05, 0) is 32.6 Å². The number of rotatable bonds is 6. The molecule has 1 N–H and O–H groups in total. The minimum absolute atomic E-state index is 0.421. The Kier molecular flexibility index (Phi) is 5.96. The molecule has 0 amide bonds. The van der Waals surface area contributed by atoms with Gasteiger partial charge in [0.25, 0.3) is 0 Å². The smallest absolute Gasteiger partial charge is 0.0724 e. The van der Waals surface area contributed by atoms with Gasteiger partial charge in [-0.1, -0.05) is 18.9 Å². The lowest BCUT2D eigenvalue weighted by Gasteiger charge is -2.33. The largest absolute Gasteiger partial charge is 0.380 e. The van der Waals surface area contributed by atoms with Crippen molar-refractivity contribution in [2.75, 3.05) is 7.11 Å². The molecule has 1 fully saturated rings. The van der Waals surface area contributed by atoms with Crippen LogP contribution in [0.1, 0.15) is 45.4 Å². The molecule has 3 atom stereocenters. The standard InChI is InChI=1S/C13H25NO/c1-4-5-8-11(2)14-12-9-6-7-10-13(12)15-3/h4,11-14H,1,5-10H2,2-3H3. The van der Waals surface area contributed by atoms with Crippen LogP contribution in [0, 0.1) is 0 Å². The van der Waals surface area contributed by atoms with Gasteiger partial charge in [0.05, 0.1) is 6.10 Å². The molecule has 0 radical (unpaired) electrons. The first-order valence-corrected chi connectivity index (χ1v) is 6.17. The van der Waals surface area contributed by atoms with Gasteiger partial charge in [0, 0.05) is 19.2 Å². The van der Waals surface area contributed by atoms with Crippen molar-refractivity contribution in [3.05, 3.63) is 12.7 Å². The lowest BCUT2D eigenvalue weighted by molar-refractivity contribution is 0.0381. The van der Waals surface area contributed by atoms with Crippen LogP contribution in [-0.4, -0.2) is 25.3 Å². The molecule has 15 heavy (non-hydrogen) atoms. The Morgan fingerprint density at radius 1 is 1.47 bits per heavy atom. The van der Waals surface area contributed by atoms with Crippen molar-refractivity contribution in [1.29, 1.82) is 0 Å². The van der Waals surface area contributed by atoms with Crippen LogP contribution in [0.5, 0.6) is 0 Å². The SMILES string of the molecule is C=CCCC(C)NC1CCCCC1OC. The van der Waals surface area contributed by atoms with Crippen LogP contribution in [0.4, 0.5) is 0 Å². The summed E-state index contributed by atoms with van der Waals surface area (Å²) in [7, 11) is 1.83. The zero-order valence-corrected chi connectivity index (χ0v) is 10.2. The monoisotopic (exact) mass is 211 g/mol. The second kappa shape index (κ2) is 7.02. The van der Waals surface area contributed by atoms with E-state index in [2.05, 4.69) is 18.8 Å². The fraction of sp³-hybridized carbons (Fsp3) is 0.846. The van der Waals surface area contributed by atoms with Gasteiger partial charge in [-0.15, -0.1) is 6.58 Å². The fourth-order valence-electron chi connectivity index (χ4n) is 2.39. The number of methoxy groups -OCH3 is 1. The maximum atomic E-state index is 5.53. The topological polar surface area (TPSA) is 21.3 Å². The van der Waals surface area contributed by atoms with Crippen molar-refractivity contribution in [2.24, 2.45) is 0 Å². The van der Waals surface area contributed by atoms with E-state index in [1.807, 2.05) is 13.2 Å². The predicted molar refractivity (Wildman–Crippen MR) is 65.1 cm³/mol. The van der Waals surface area contributed by atoms with E-state index < -0.39 is 0 Å². The Hall–Kier alpha value is -0.340. The molecule has 1 saturated carbocycles. The third-order valence-corrected chi connectivity index (χ3v) is 3.31. The molecule has 0 aromatic heterocycles. The lowest BCUT2D eigenvalue weighted by atomic mass is 9.91. The van der Waals surface area contributed by atoms with E-state index in [-0.39, 0.29) is 0 Å². The van der Waals surface area contributed by atoms with Crippen molar-refractivity contribution in [3.63, 3.8) is 0 Å². The Balaban J connectivity index is 2.30. The molecule has 0 aromatic carbocycles. The van der Waals surface area contributed by atoms with E-state index in [4.69, 9.17) is 4.74 Å². The molecule has 1 aliphatic carbocycles. The molecule has 0 aliphatic heterocycles. The molecular weight excluding hydrogens is 186 g/mol. The van der Waals surface area contributed by atoms with E-state index in [0.717, 1.165) is 6.42 Å². The molecule has 88 valence electrons. The second-order valence-electron chi connectivity index (χ2n) is 4.60. The third-order valence-electron chi connectivity index (χ3n) is 3.31. The van der Waals surface area contributed by atoms with E-state index in [9.17, 15) is 0 Å². The fourth-order valence-corrected chi connectivity index (χ4v) is 2.39. The van der Waals surface area contributed by atoms with Gasteiger partial charge in [-0.3, -0.25) is 0 Å². The Morgan fingerprint density at radius 2 is 2.20 bits per heavy atom. The lowest BCUT2D eigenvalue weighted by Crippen LogP contribution is -2.46. The molecule has 1 rings (SSSR count). The first-order chi connectivity index (χ1) is 7.27. The highest BCUT2D eigenvalue weighted by Gasteiger charge is 2.25. The third kappa shape index (κ3) is 4.35. The van der Waals surface area contributed by atoms with Crippen LogP contribution in [0.3, 0.4) is 0 Å². The summed E-state index contributed by atoms with van der Waals surface area (Å²) in [5.41, 5.74) is 0. The van der Waals surface area contributed by atoms with Gasteiger partial charge >= 0.3 is 0 Å². The number of allylic oxidation sites excluding steroid dienone is 1. The van der Waals surface area contributed by atoms with Gasteiger partial charge in [0.15, 0.2) is 0 Å². The molecule has 2 nitrogen and oxygen atoms in total. The van der Waals surface area contributed by atoms with Gasteiger partial charge in [-0.25, -0.2) is 0 Å². The van der Waals surface area contributed by atoms with Crippen LogP contribution < -0.4 is 5.32 Å². The zero-order valence-electron chi connectivity index (χ0n) is 10.2. The van der Waals surface area contributed by atoms with Gasteiger partial charge in [0.1, 0.15) is 0 Å². The van der Waals surface area contributed by atoms with Crippen molar-refractivity contribution < 1.29 is 4.74 Å². The summed E-state index contributed by atoms with van der Waals surface area (Å²) in [6.07, 6.45) is 9.81. The summed E-state index contributed by atoms with van der Waals surface area (Å²) in [6.45, 7) is 6.01. The predicted octanol–water partition coefficient (Wildman–Crippen LogP) is 2.89. The van der Waals surface area contributed by atoms with Crippen molar-refractivity contribution >= 4 is 0 Å². The summed E-state index contributed by atoms with van der Waals surface area (Å²) < 4.78 is 5.53. The highest BCUT2D eigenvalue weighted by Crippen LogP contribution is 2.21. The van der Waals surface area contributed by atoms with E-state index in [1.165, 1.54) is 32.1 Å². The summed E-state index contributed by atoms with van der Waals surface area (Å²) in [4.78, 5) is 0. The number of hydrogen-bond donors (Lipinski definition) is 1. The maximum absolute atomic E-state index is 5.53. The molecule has 0 bridgehead atoms. The summed E-state index contributed by atoms with van der Waals surface area (Å²) in [5, 5.41) is 3.68. The van der Waals surface area contributed by atoms with E-state index in [0.29, 0.717) is 18.2 Å². The van der Waals surface area contributed by atoms with Gasteiger partial charge < -0.3 is 10.1 Å². The Morgan fingerprint density at radius 3 is 2.87 bits per heavy atom. The van der Waals surface area contributed by atoms with Crippen molar-refractivity contribution in [1.82, 2.24) is 5.32 Å². The molecular formula is C13H25NO. The number of ether oxygens (including phenoxy) is 1. The average molecular weight is 211 g/mol. The highest BCUT2D eigenvalue weighted by atomic mass is 16.5. The summed E-state index contributed by atoms with van der Waals surface area (Å²) >= 11 is 0. The van der Waals surface area contributed by atoms with Crippen LogP contribution in [0.25, 0.3) is 0 Å². The molecule has 0 saturated heterocycles. The molecule has 3 unspecified atom stereocenters.